The second kappa shape index (κ2) is 4.58. The van der Waals surface area contributed by atoms with Crippen LogP contribution in [0, 0.1) is 17.8 Å². The molecule has 0 saturated carbocycles. The maximum absolute atomic E-state index is 12.2. The third-order valence-corrected chi connectivity index (χ3v) is 3.91. The van der Waals surface area contributed by atoms with E-state index in [0.717, 1.165) is 25.9 Å². The van der Waals surface area contributed by atoms with Crippen molar-refractivity contribution >= 4 is 5.91 Å². The highest BCUT2D eigenvalue weighted by Crippen LogP contribution is 2.27. The molecule has 0 aromatic heterocycles. The van der Waals surface area contributed by atoms with E-state index in [-0.39, 0.29) is 17.9 Å². The van der Waals surface area contributed by atoms with Gasteiger partial charge in [0.15, 0.2) is 0 Å². The minimum absolute atomic E-state index is 0.0425. The van der Waals surface area contributed by atoms with Crippen molar-refractivity contribution < 1.29 is 4.79 Å². The molecule has 2 aliphatic rings. The van der Waals surface area contributed by atoms with Crippen molar-refractivity contribution in [3.8, 4) is 0 Å². The van der Waals surface area contributed by atoms with Gasteiger partial charge in [-0.2, -0.15) is 0 Å². The maximum Gasteiger partial charge on any atom is 0.229 e. The summed E-state index contributed by atoms with van der Waals surface area (Å²) in [7, 11) is 0. The smallest absolute Gasteiger partial charge is 0.229 e. The van der Waals surface area contributed by atoms with Crippen LogP contribution < -0.4 is 5.73 Å². The number of hydrogen-bond donors (Lipinski definition) is 1. The summed E-state index contributed by atoms with van der Waals surface area (Å²) in [6.45, 7) is 6.35. The minimum Gasteiger partial charge on any atom is -0.342 e. The molecule has 0 spiro atoms. The van der Waals surface area contributed by atoms with Gasteiger partial charge in [0, 0.05) is 19.1 Å². The molecule has 2 N–H and O–H groups in total. The standard InChI is InChI=1S/C13H22N2O/c1-9(2)11-5-6-15(8-11)13(16)10-3-4-12(14)7-10/h3-4,9-12H,5-8,14H2,1-2H3. The Hall–Kier alpha value is -0.830. The van der Waals surface area contributed by atoms with E-state index >= 15 is 0 Å². The first-order chi connectivity index (χ1) is 7.58. The van der Waals surface area contributed by atoms with Crippen LogP contribution in [-0.4, -0.2) is 29.9 Å². The van der Waals surface area contributed by atoms with Crippen molar-refractivity contribution in [2.24, 2.45) is 23.5 Å². The van der Waals surface area contributed by atoms with Crippen molar-refractivity contribution in [1.82, 2.24) is 4.90 Å². The lowest BCUT2D eigenvalue weighted by molar-refractivity contribution is -0.133. The lowest BCUT2D eigenvalue weighted by Gasteiger charge is -2.21. The molecule has 3 nitrogen and oxygen atoms in total. The molecule has 90 valence electrons. The highest BCUT2D eigenvalue weighted by atomic mass is 16.2. The zero-order chi connectivity index (χ0) is 11.7. The lowest BCUT2D eigenvalue weighted by Crippen LogP contribution is -2.34. The highest BCUT2D eigenvalue weighted by Gasteiger charge is 2.32. The monoisotopic (exact) mass is 222 g/mol. The molecule has 1 fully saturated rings. The number of rotatable bonds is 2. The van der Waals surface area contributed by atoms with E-state index < -0.39 is 0 Å². The number of carbonyl (C=O) groups excluding carboxylic acids is 1. The second-order valence-corrected chi connectivity index (χ2v) is 5.47. The molecule has 3 atom stereocenters. The van der Waals surface area contributed by atoms with Gasteiger partial charge in [-0.15, -0.1) is 0 Å². The van der Waals surface area contributed by atoms with Gasteiger partial charge in [0.2, 0.25) is 5.91 Å². The number of carbonyl (C=O) groups is 1. The summed E-state index contributed by atoms with van der Waals surface area (Å²) in [5.74, 6) is 1.69. The average Bonchev–Trinajstić information content (AvgIpc) is 2.84. The summed E-state index contributed by atoms with van der Waals surface area (Å²) < 4.78 is 0. The first kappa shape index (κ1) is 11.6. The van der Waals surface area contributed by atoms with Gasteiger partial charge in [-0.1, -0.05) is 26.0 Å². The molecule has 0 aromatic rings. The Morgan fingerprint density at radius 2 is 2.19 bits per heavy atom. The van der Waals surface area contributed by atoms with Gasteiger partial charge < -0.3 is 10.6 Å². The van der Waals surface area contributed by atoms with Gasteiger partial charge in [0.05, 0.1) is 5.92 Å². The van der Waals surface area contributed by atoms with Gasteiger partial charge >= 0.3 is 0 Å². The summed E-state index contributed by atoms with van der Waals surface area (Å²) in [6.07, 6.45) is 5.89. The molecule has 2 rings (SSSR count). The number of nitrogens with two attached hydrogens (primary N) is 1. The zero-order valence-electron chi connectivity index (χ0n) is 10.2. The van der Waals surface area contributed by atoms with Crippen LogP contribution in [0.5, 0.6) is 0 Å². The van der Waals surface area contributed by atoms with Crippen molar-refractivity contribution in [2.75, 3.05) is 13.1 Å². The third kappa shape index (κ3) is 2.29. The third-order valence-electron chi connectivity index (χ3n) is 3.91. The first-order valence-corrected chi connectivity index (χ1v) is 6.30. The average molecular weight is 222 g/mol. The summed E-state index contributed by atoms with van der Waals surface area (Å²) in [6, 6.07) is 0.0810. The predicted molar refractivity (Wildman–Crippen MR) is 64.7 cm³/mol. The van der Waals surface area contributed by atoms with Crippen LogP contribution in [0.2, 0.25) is 0 Å². The molecule has 1 heterocycles. The number of nitrogens with zero attached hydrogens (tertiary/aromatic N) is 1. The molecule has 1 aliphatic carbocycles. The quantitative estimate of drug-likeness (QED) is 0.718. The van der Waals surface area contributed by atoms with Crippen LogP contribution in [0.3, 0.4) is 0 Å². The Labute approximate surface area is 97.7 Å². The first-order valence-electron chi connectivity index (χ1n) is 6.30. The van der Waals surface area contributed by atoms with Crippen LogP contribution in [0.1, 0.15) is 26.7 Å². The second-order valence-electron chi connectivity index (χ2n) is 5.47. The number of amides is 1. The fourth-order valence-corrected chi connectivity index (χ4v) is 2.68. The summed E-state index contributed by atoms with van der Waals surface area (Å²) in [4.78, 5) is 14.2. The molecule has 0 radical (unpaired) electrons. The van der Waals surface area contributed by atoms with Crippen molar-refractivity contribution in [3.63, 3.8) is 0 Å². The SMILES string of the molecule is CC(C)C1CCN(C(=O)C2C=CC(N)C2)C1. The van der Waals surface area contributed by atoms with E-state index in [4.69, 9.17) is 5.73 Å². The molecular weight excluding hydrogens is 200 g/mol. The van der Waals surface area contributed by atoms with Gasteiger partial charge in [-0.25, -0.2) is 0 Å². The van der Waals surface area contributed by atoms with Crippen molar-refractivity contribution in [3.05, 3.63) is 12.2 Å². The van der Waals surface area contributed by atoms with Gasteiger partial charge in [-0.3, -0.25) is 4.79 Å². The molecule has 1 saturated heterocycles. The van der Waals surface area contributed by atoms with E-state index in [1.54, 1.807) is 0 Å². The van der Waals surface area contributed by atoms with Crippen molar-refractivity contribution in [1.29, 1.82) is 0 Å². The molecule has 3 unspecified atom stereocenters. The fraction of sp³-hybridized carbons (Fsp3) is 0.769. The van der Waals surface area contributed by atoms with E-state index in [2.05, 4.69) is 13.8 Å². The summed E-state index contributed by atoms with van der Waals surface area (Å²) in [5, 5.41) is 0. The number of hydrogen-bond acceptors (Lipinski definition) is 2. The fourth-order valence-electron chi connectivity index (χ4n) is 2.68. The normalized spacial score (nSPS) is 34.0. The molecule has 1 aliphatic heterocycles. The Morgan fingerprint density at radius 1 is 1.44 bits per heavy atom. The van der Waals surface area contributed by atoms with Crippen LogP contribution in [-0.2, 0) is 4.79 Å². The molecule has 0 aromatic carbocycles. The van der Waals surface area contributed by atoms with Crippen LogP contribution >= 0.6 is 0 Å². The topological polar surface area (TPSA) is 46.3 Å². The van der Waals surface area contributed by atoms with Crippen molar-refractivity contribution in [2.45, 2.75) is 32.7 Å². The molecular formula is C13H22N2O. The Kier molecular flexibility index (Phi) is 3.33. The highest BCUT2D eigenvalue weighted by molar-refractivity contribution is 5.81. The van der Waals surface area contributed by atoms with E-state index in [1.165, 1.54) is 0 Å². The lowest BCUT2D eigenvalue weighted by atomic mass is 9.95. The largest absolute Gasteiger partial charge is 0.342 e. The molecule has 16 heavy (non-hydrogen) atoms. The number of likely N-dealkylation sites (tertiary alicyclic amines) is 1. The molecule has 3 heteroatoms. The van der Waals surface area contributed by atoms with Gasteiger partial charge in [0.25, 0.3) is 0 Å². The van der Waals surface area contributed by atoms with Gasteiger partial charge in [0.1, 0.15) is 0 Å². The predicted octanol–water partition coefficient (Wildman–Crippen LogP) is 1.39. The Bertz CT molecular complexity index is 298. The van der Waals surface area contributed by atoms with E-state index in [9.17, 15) is 4.79 Å². The van der Waals surface area contributed by atoms with Crippen LogP contribution in [0.4, 0.5) is 0 Å². The van der Waals surface area contributed by atoms with Gasteiger partial charge in [-0.05, 0) is 24.7 Å². The molecule has 0 bridgehead atoms. The van der Waals surface area contributed by atoms with Crippen LogP contribution in [0.15, 0.2) is 12.2 Å². The zero-order valence-corrected chi connectivity index (χ0v) is 10.2. The van der Waals surface area contributed by atoms with E-state index in [0.29, 0.717) is 11.8 Å². The summed E-state index contributed by atoms with van der Waals surface area (Å²) in [5.41, 5.74) is 5.78. The summed E-state index contributed by atoms with van der Waals surface area (Å²) >= 11 is 0. The van der Waals surface area contributed by atoms with Crippen LogP contribution in [0.25, 0.3) is 0 Å². The Balaban J connectivity index is 1.90. The maximum atomic E-state index is 12.2. The minimum atomic E-state index is 0.0425. The van der Waals surface area contributed by atoms with E-state index in [1.807, 2.05) is 17.1 Å². The Morgan fingerprint density at radius 3 is 2.69 bits per heavy atom. The molecule has 1 amide bonds.